The van der Waals surface area contributed by atoms with Crippen molar-refractivity contribution in [2.45, 2.75) is 6.92 Å². The van der Waals surface area contributed by atoms with E-state index in [1.165, 1.54) is 11.3 Å². The Hall–Kier alpha value is -3.28. The fourth-order valence-electron chi connectivity index (χ4n) is 3.16. The van der Waals surface area contributed by atoms with Crippen LogP contribution in [0.1, 0.15) is 11.1 Å². The third-order valence-electron chi connectivity index (χ3n) is 4.62. The molecule has 3 N–H and O–H groups in total. The van der Waals surface area contributed by atoms with Gasteiger partial charge in [-0.25, -0.2) is 0 Å². The van der Waals surface area contributed by atoms with Gasteiger partial charge >= 0.3 is 0 Å². The lowest BCUT2D eigenvalue weighted by molar-refractivity contribution is 0.343. The number of thiophene rings is 1. The maximum Gasteiger partial charge on any atom is 0.153 e. The minimum absolute atomic E-state index is 0.00141. The van der Waals surface area contributed by atoms with Gasteiger partial charge in [0.25, 0.3) is 0 Å². The zero-order valence-corrected chi connectivity index (χ0v) is 16.6. The topological polar surface area (TPSA) is 69.9 Å². The van der Waals surface area contributed by atoms with E-state index in [9.17, 15) is 10.2 Å². The number of hydrogen-bond acceptors (Lipinski definition) is 5. The van der Waals surface area contributed by atoms with Gasteiger partial charge in [0.15, 0.2) is 5.75 Å². The molecule has 0 radical (unpaired) electrons. The maximum atomic E-state index is 9.87. The summed E-state index contributed by atoms with van der Waals surface area (Å²) in [6.07, 6.45) is 3.58. The molecule has 1 heterocycles. The number of phenols is 2. The molecular formula is C24H20O4S. The predicted molar refractivity (Wildman–Crippen MR) is 118 cm³/mol. The molecule has 146 valence electrons. The highest BCUT2D eigenvalue weighted by Gasteiger charge is 2.17. The van der Waals surface area contributed by atoms with Gasteiger partial charge in [-0.05, 0) is 78.2 Å². The first kappa shape index (κ1) is 19.1. The van der Waals surface area contributed by atoms with E-state index in [0.717, 1.165) is 31.7 Å². The van der Waals surface area contributed by atoms with Crippen molar-refractivity contribution < 1.29 is 20.1 Å². The minimum Gasteiger partial charge on any atom is -0.508 e. The summed E-state index contributed by atoms with van der Waals surface area (Å²) in [5.74, 6) is 1.83. The van der Waals surface area contributed by atoms with Gasteiger partial charge in [0, 0.05) is 10.1 Å². The third-order valence-corrected chi connectivity index (χ3v) is 5.80. The number of ether oxygens (including phenoxy) is 1. The summed E-state index contributed by atoms with van der Waals surface area (Å²) >= 11 is 1.53. The standard InChI is InChI=1S/C24H20O4S/c1-15-13-20(10-6-16(15)3-2-12-25)28-23-21-11-9-19(27)14-22(21)29-24(23)17-4-7-18(26)8-5-17/h2-11,13-14,25-27H,12H2,1H3/b3-2+. The molecule has 0 saturated heterocycles. The van der Waals surface area contributed by atoms with Gasteiger partial charge in [-0.1, -0.05) is 18.2 Å². The molecule has 3 aromatic carbocycles. The van der Waals surface area contributed by atoms with Crippen LogP contribution in [0.5, 0.6) is 23.0 Å². The fourth-order valence-corrected chi connectivity index (χ4v) is 4.33. The van der Waals surface area contributed by atoms with E-state index in [1.807, 2.05) is 49.4 Å². The molecule has 0 aliphatic carbocycles. The van der Waals surface area contributed by atoms with Crippen molar-refractivity contribution in [2.24, 2.45) is 0 Å². The van der Waals surface area contributed by atoms with Gasteiger partial charge in [0.1, 0.15) is 17.2 Å². The summed E-state index contributed by atoms with van der Waals surface area (Å²) in [5.41, 5.74) is 2.98. The van der Waals surface area contributed by atoms with Crippen LogP contribution in [0, 0.1) is 6.92 Å². The second kappa shape index (κ2) is 7.99. The highest BCUT2D eigenvalue weighted by molar-refractivity contribution is 7.22. The molecule has 0 atom stereocenters. The quantitative estimate of drug-likeness (QED) is 0.377. The van der Waals surface area contributed by atoms with Crippen LogP contribution in [0.4, 0.5) is 0 Å². The number of aromatic hydroxyl groups is 2. The third kappa shape index (κ3) is 3.97. The van der Waals surface area contributed by atoms with Crippen LogP contribution >= 0.6 is 11.3 Å². The molecular weight excluding hydrogens is 384 g/mol. The van der Waals surface area contributed by atoms with Gasteiger partial charge in [-0.2, -0.15) is 0 Å². The zero-order chi connectivity index (χ0) is 20.4. The van der Waals surface area contributed by atoms with Gasteiger partial charge < -0.3 is 20.1 Å². The molecule has 5 heteroatoms. The molecule has 0 aliphatic heterocycles. The number of aliphatic hydroxyl groups is 1. The fraction of sp³-hybridized carbons (Fsp3) is 0.0833. The van der Waals surface area contributed by atoms with E-state index >= 15 is 0 Å². The molecule has 0 saturated carbocycles. The first-order valence-corrected chi connectivity index (χ1v) is 9.97. The first-order valence-electron chi connectivity index (χ1n) is 9.16. The Morgan fingerprint density at radius 2 is 1.69 bits per heavy atom. The molecule has 0 fully saturated rings. The maximum absolute atomic E-state index is 9.87. The van der Waals surface area contributed by atoms with E-state index in [-0.39, 0.29) is 18.1 Å². The Morgan fingerprint density at radius 1 is 0.931 bits per heavy atom. The highest BCUT2D eigenvalue weighted by atomic mass is 32.1. The van der Waals surface area contributed by atoms with Gasteiger partial charge in [0.2, 0.25) is 0 Å². The largest absolute Gasteiger partial charge is 0.508 e. The molecule has 0 unspecified atom stereocenters. The van der Waals surface area contributed by atoms with Crippen LogP contribution in [0.25, 0.3) is 26.6 Å². The average Bonchev–Trinajstić information content (AvgIpc) is 3.05. The van der Waals surface area contributed by atoms with Crippen LogP contribution < -0.4 is 4.74 Å². The van der Waals surface area contributed by atoms with E-state index in [2.05, 4.69) is 0 Å². The summed E-state index contributed by atoms with van der Waals surface area (Å²) in [7, 11) is 0. The lowest BCUT2D eigenvalue weighted by Gasteiger charge is -2.10. The smallest absolute Gasteiger partial charge is 0.153 e. The van der Waals surface area contributed by atoms with Crippen molar-refractivity contribution in [1.29, 1.82) is 0 Å². The Morgan fingerprint density at radius 3 is 2.41 bits per heavy atom. The second-order valence-corrected chi connectivity index (χ2v) is 7.75. The molecule has 29 heavy (non-hydrogen) atoms. The number of aliphatic hydroxyl groups excluding tert-OH is 1. The van der Waals surface area contributed by atoms with Crippen molar-refractivity contribution in [1.82, 2.24) is 0 Å². The van der Waals surface area contributed by atoms with Gasteiger partial charge in [0.05, 0.1) is 11.5 Å². The van der Waals surface area contributed by atoms with Crippen molar-refractivity contribution in [2.75, 3.05) is 6.61 Å². The molecule has 0 spiro atoms. The normalized spacial score (nSPS) is 11.4. The number of aryl methyl sites for hydroxylation is 1. The second-order valence-electron chi connectivity index (χ2n) is 6.69. The van der Waals surface area contributed by atoms with Gasteiger partial charge in [-0.3, -0.25) is 0 Å². The molecule has 0 aliphatic rings. The summed E-state index contributed by atoms with van der Waals surface area (Å²) in [6.45, 7) is 2.00. The Balaban J connectivity index is 1.80. The van der Waals surface area contributed by atoms with Crippen LogP contribution in [-0.2, 0) is 0 Å². The minimum atomic E-state index is 0.00141. The molecule has 0 bridgehead atoms. The Bertz CT molecular complexity index is 1190. The Labute approximate surface area is 172 Å². The van der Waals surface area contributed by atoms with Crippen LogP contribution in [0.15, 0.2) is 66.7 Å². The van der Waals surface area contributed by atoms with Crippen molar-refractivity contribution in [3.05, 3.63) is 77.9 Å². The summed E-state index contributed by atoms with van der Waals surface area (Å²) in [4.78, 5) is 0.924. The lowest BCUT2D eigenvalue weighted by atomic mass is 10.1. The van der Waals surface area contributed by atoms with E-state index in [1.54, 1.807) is 30.3 Å². The van der Waals surface area contributed by atoms with Crippen molar-refractivity contribution >= 4 is 27.5 Å². The predicted octanol–water partition coefficient (Wildman–Crippen LogP) is 6.09. The van der Waals surface area contributed by atoms with Crippen LogP contribution in [-0.4, -0.2) is 21.9 Å². The Kier molecular flexibility index (Phi) is 5.25. The lowest BCUT2D eigenvalue weighted by Crippen LogP contribution is -1.88. The van der Waals surface area contributed by atoms with Crippen molar-refractivity contribution in [3.8, 4) is 33.4 Å². The van der Waals surface area contributed by atoms with Crippen LogP contribution in [0.2, 0.25) is 0 Å². The summed E-state index contributed by atoms with van der Waals surface area (Å²) in [6, 6.07) is 18.0. The highest BCUT2D eigenvalue weighted by Crippen LogP contribution is 2.47. The number of rotatable bonds is 5. The molecule has 4 nitrogen and oxygen atoms in total. The van der Waals surface area contributed by atoms with Crippen molar-refractivity contribution in [3.63, 3.8) is 0 Å². The molecule has 4 aromatic rings. The first-order chi connectivity index (χ1) is 14.0. The molecule has 0 amide bonds. The number of phenolic OH excluding ortho intramolecular Hbond substituents is 2. The van der Waals surface area contributed by atoms with E-state index < -0.39 is 0 Å². The molecule has 4 rings (SSSR count). The van der Waals surface area contributed by atoms with E-state index in [0.29, 0.717) is 11.5 Å². The average molecular weight is 404 g/mol. The number of benzene rings is 3. The summed E-state index contributed by atoms with van der Waals surface area (Å²) < 4.78 is 7.24. The molecule has 1 aromatic heterocycles. The number of fused-ring (bicyclic) bond motifs is 1. The van der Waals surface area contributed by atoms with Crippen LogP contribution in [0.3, 0.4) is 0 Å². The monoisotopic (exact) mass is 404 g/mol. The SMILES string of the molecule is Cc1cc(Oc2c(-c3ccc(O)cc3)sc3cc(O)ccc23)ccc1/C=C/CO. The van der Waals surface area contributed by atoms with E-state index in [4.69, 9.17) is 9.84 Å². The summed E-state index contributed by atoms with van der Waals surface area (Å²) in [5, 5.41) is 29.4. The van der Waals surface area contributed by atoms with Gasteiger partial charge in [-0.15, -0.1) is 11.3 Å². The number of hydrogen-bond donors (Lipinski definition) is 3. The zero-order valence-electron chi connectivity index (χ0n) is 15.8.